The molecule has 1 N–H and O–H groups in total. The van der Waals surface area contributed by atoms with Gasteiger partial charge in [-0.15, -0.1) is 0 Å². The number of hydrogen-bond donors (Lipinski definition) is 1. The monoisotopic (exact) mass is 319 g/mol. The second kappa shape index (κ2) is 6.87. The van der Waals surface area contributed by atoms with Crippen molar-refractivity contribution in [3.8, 4) is 0 Å². The van der Waals surface area contributed by atoms with Crippen molar-refractivity contribution in [2.24, 2.45) is 0 Å². The van der Waals surface area contributed by atoms with Gasteiger partial charge in [0, 0.05) is 26.9 Å². The number of halogens is 1. The first-order valence-corrected chi connectivity index (χ1v) is 8.31. The molecule has 0 aliphatic rings. The van der Waals surface area contributed by atoms with Crippen molar-refractivity contribution in [3.63, 3.8) is 0 Å². The van der Waals surface area contributed by atoms with E-state index < -0.39 is 0 Å². The lowest BCUT2D eigenvalue weighted by Gasteiger charge is -2.21. The van der Waals surface area contributed by atoms with Crippen LogP contribution in [0.2, 0.25) is 5.02 Å². The molecule has 0 atom stereocenters. The molecule has 0 amide bonds. The van der Waals surface area contributed by atoms with Gasteiger partial charge in [0.2, 0.25) is 0 Å². The Balaban J connectivity index is 2.06. The molecule has 1 nitrogen and oxygen atoms in total. The Morgan fingerprint density at radius 1 is 1.00 bits per heavy atom. The lowest BCUT2D eigenvalue weighted by atomic mass is 10.1. The highest BCUT2D eigenvalue weighted by atomic mass is 35.5. The summed E-state index contributed by atoms with van der Waals surface area (Å²) in [5.41, 5.74) is 2.82. The summed E-state index contributed by atoms with van der Waals surface area (Å²) in [6.45, 7) is 9.64. The van der Waals surface area contributed by atoms with E-state index in [2.05, 4.69) is 63.3 Å². The zero-order valence-corrected chi connectivity index (χ0v) is 14.6. The Morgan fingerprint density at radius 2 is 1.62 bits per heavy atom. The number of hydrogen-bond acceptors (Lipinski definition) is 2. The molecular formula is C18H22ClNS. The first-order chi connectivity index (χ1) is 9.83. The zero-order valence-electron chi connectivity index (χ0n) is 13.0. The Kier molecular flexibility index (Phi) is 5.37. The molecule has 0 spiro atoms. The maximum atomic E-state index is 5.92. The molecule has 0 radical (unpaired) electrons. The minimum absolute atomic E-state index is 0.142. The standard InChI is InChI=1S/C18H22ClNS/c1-13-11-17(21-16-9-6-15(19)7-10-16)8-5-14(13)12-20-18(2,3)4/h5-11,20H,12H2,1-4H3. The molecule has 112 valence electrons. The molecule has 0 aromatic heterocycles. The topological polar surface area (TPSA) is 12.0 Å². The second-order valence-electron chi connectivity index (χ2n) is 6.25. The van der Waals surface area contributed by atoms with Gasteiger partial charge in [0.25, 0.3) is 0 Å². The molecule has 0 saturated carbocycles. The van der Waals surface area contributed by atoms with E-state index in [1.165, 1.54) is 20.9 Å². The predicted octanol–water partition coefficient (Wildman–Crippen LogP) is 5.69. The van der Waals surface area contributed by atoms with Crippen LogP contribution < -0.4 is 5.32 Å². The SMILES string of the molecule is Cc1cc(Sc2ccc(Cl)cc2)ccc1CNC(C)(C)C. The third-order valence-corrected chi connectivity index (χ3v) is 4.42. The lowest BCUT2D eigenvalue weighted by Crippen LogP contribution is -2.35. The molecule has 0 heterocycles. The van der Waals surface area contributed by atoms with Gasteiger partial charge in [-0.2, -0.15) is 0 Å². The van der Waals surface area contributed by atoms with Crippen LogP contribution in [0.4, 0.5) is 0 Å². The van der Waals surface area contributed by atoms with Crippen LogP contribution in [0.25, 0.3) is 0 Å². The molecule has 3 heteroatoms. The van der Waals surface area contributed by atoms with Gasteiger partial charge in [-0.3, -0.25) is 0 Å². The molecule has 0 saturated heterocycles. The van der Waals surface area contributed by atoms with E-state index in [4.69, 9.17) is 11.6 Å². The Morgan fingerprint density at radius 3 is 2.19 bits per heavy atom. The van der Waals surface area contributed by atoms with Gasteiger partial charge < -0.3 is 5.32 Å². The van der Waals surface area contributed by atoms with Gasteiger partial charge in [-0.05, 0) is 75.2 Å². The maximum Gasteiger partial charge on any atom is 0.0406 e. The van der Waals surface area contributed by atoms with Crippen molar-refractivity contribution >= 4 is 23.4 Å². The van der Waals surface area contributed by atoms with Crippen LogP contribution in [0.3, 0.4) is 0 Å². The third-order valence-electron chi connectivity index (χ3n) is 3.17. The number of nitrogens with one attached hydrogen (secondary N) is 1. The van der Waals surface area contributed by atoms with Crippen molar-refractivity contribution in [2.75, 3.05) is 0 Å². The van der Waals surface area contributed by atoms with Gasteiger partial charge in [0.05, 0.1) is 0 Å². The highest BCUT2D eigenvalue weighted by molar-refractivity contribution is 7.99. The van der Waals surface area contributed by atoms with Gasteiger partial charge in [0.15, 0.2) is 0 Å². The number of benzene rings is 2. The molecule has 0 aliphatic heterocycles. The quantitative estimate of drug-likeness (QED) is 0.777. The fourth-order valence-corrected chi connectivity index (χ4v) is 2.97. The van der Waals surface area contributed by atoms with Crippen molar-refractivity contribution < 1.29 is 0 Å². The minimum Gasteiger partial charge on any atom is -0.308 e. The third kappa shape index (κ3) is 5.39. The molecule has 21 heavy (non-hydrogen) atoms. The molecule has 2 rings (SSSR count). The van der Waals surface area contributed by atoms with E-state index >= 15 is 0 Å². The largest absolute Gasteiger partial charge is 0.308 e. The maximum absolute atomic E-state index is 5.92. The summed E-state index contributed by atoms with van der Waals surface area (Å²) in [6, 6.07) is 14.6. The number of aryl methyl sites for hydroxylation is 1. The molecule has 0 unspecified atom stereocenters. The van der Waals surface area contributed by atoms with E-state index in [0.717, 1.165) is 11.6 Å². The summed E-state index contributed by atoms with van der Waals surface area (Å²) in [7, 11) is 0. The second-order valence-corrected chi connectivity index (χ2v) is 7.83. The summed E-state index contributed by atoms with van der Waals surface area (Å²) in [5, 5.41) is 4.31. The average Bonchev–Trinajstić information content (AvgIpc) is 2.39. The summed E-state index contributed by atoms with van der Waals surface area (Å²) >= 11 is 7.68. The van der Waals surface area contributed by atoms with Crippen LogP contribution in [-0.2, 0) is 6.54 Å². The van der Waals surface area contributed by atoms with Crippen molar-refractivity contribution in [3.05, 3.63) is 58.6 Å². The van der Waals surface area contributed by atoms with Crippen molar-refractivity contribution in [1.29, 1.82) is 0 Å². The first-order valence-electron chi connectivity index (χ1n) is 7.11. The number of rotatable bonds is 4. The molecule has 2 aromatic carbocycles. The van der Waals surface area contributed by atoms with Crippen LogP contribution >= 0.6 is 23.4 Å². The van der Waals surface area contributed by atoms with E-state index in [9.17, 15) is 0 Å². The molecule has 2 aromatic rings. The Bertz CT molecular complexity index is 600. The Labute approximate surface area is 137 Å². The van der Waals surface area contributed by atoms with Gasteiger partial charge >= 0.3 is 0 Å². The first kappa shape index (κ1) is 16.4. The van der Waals surface area contributed by atoms with Crippen LogP contribution in [-0.4, -0.2) is 5.54 Å². The molecule has 0 aliphatic carbocycles. The average molecular weight is 320 g/mol. The van der Waals surface area contributed by atoms with Crippen molar-refractivity contribution in [1.82, 2.24) is 5.32 Å². The summed E-state index contributed by atoms with van der Waals surface area (Å²) < 4.78 is 0. The van der Waals surface area contributed by atoms with E-state index in [-0.39, 0.29) is 5.54 Å². The van der Waals surface area contributed by atoms with Crippen molar-refractivity contribution in [2.45, 2.75) is 49.6 Å². The summed E-state index contributed by atoms with van der Waals surface area (Å²) in [4.78, 5) is 2.47. The van der Waals surface area contributed by atoms with E-state index in [1.807, 2.05) is 12.1 Å². The highest BCUT2D eigenvalue weighted by Gasteiger charge is 2.09. The summed E-state index contributed by atoms with van der Waals surface area (Å²) in [6.07, 6.45) is 0. The van der Waals surface area contributed by atoms with Gasteiger partial charge in [-0.1, -0.05) is 29.4 Å². The molecular weight excluding hydrogens is 298 g/mol. The van der Waals surface area contributed by atoms with Crippen LogP contribution in [0.15, 0.2) is 52.3 Å². The lowest BCUT2D eigenvalue weighted by molar-refractivity contribution is 0.424. The van der Waals surface area contributed by atoms with Crippen LogP contribution in [0, 0.1) is 6.92 Å². The van der Waals surface area contributed by atoms with Crippen LogP contribution in [0.5, 0.6) is 0 Å². The zero-order chi connectivity index (χ0) is 15.5. The molecule has 0 fully saturated rings. The smallest absolute Gasteiger partial charge is 0.0406 e. The van der Waals surface area contributed by atoms with E-state index in [1.54, 1.807) is 11.8 Å². The van der Waals surface area contributed by atoms with Gasteiger partial charge in [0.1, 0.15) is 0 Å². The molecule has 0 bridgehead atoms. The normalized spacial score (nSPS) is 11.7. The van der Waals surface area contributed by atoms with Gasteiger partial charge in [-0.25, -0.2) is 0 Å². The minimum atomic E-state index is 0.142. The fraction of sp³-hybridized carbons (Fsp3) is 0.333. The van der Waals surface area contributed by atoms with Crippen LogP contribution in [0.1, 0.15) is 31.9 Å². The predicted molar refractivity (Wildman–Crippen MR) is 93.3 cm³/mol. The Hall–Kier alpha value is -0.960. The highest BCUT2D eigenvalue weighted by Crippen LogP contribution is 2.30. The fourth-order valence-electron chi connectivity index (χ4n) is 1.93. The summed E-state index contributed by atoms with van der Waals surface area (Å²) in [5.74, 6) is 0. The van der Waals surface area contributed by atoms with E-state index in [0.29, 0.717) is 0 Å².